The average molecular weight is 262 g/mol. The molecule has 0 radical (unpaired) electrons. The number of anilines is 1. The second kappa shape index (κ2) is 6.35. The predicted molar refractivity (Wildman–Crippen MR) is 80.6 cm³/mol. The van der Waals surface area contributed by atoms with Crippen LogP contribution in [0.1, 0.15) is 31.4 Å². The van der Waals surface area contributed by atoms with Gasteiger partial charge in [0, 0.05) is 30.9 Å². The van der Waals surface area contributed by atoms with E-state index >= 15 is 0 Å². The fourth-order valence-electron chi connectivity index (χ4n) is 2.75. The Bertz CT molecular complexity index is 399. The van der Waals surface area contributed by atoms with E-state index in [4.69, 9.17) is 0 Å². The van der Waals surface area contributed by atoms with E-state index in [1.807, 2.05) is 19.3 Å². The monoisotopic (exact) mass is 262 g/mol. The molecule has 1 aliphatic rings. The number of pyridine rings is 1. The van der Waals surface area contributed by atoms with Gasteiger partial charge < -0.3 is 15.1 Å². The summed E-state index contributed by atoms with van der Waals surface area (Å²) < 4.78 is 0. The summed E-state index contributed by atoms with van der Waals surface area (Å²) in [6, 6.07) is 5.13. The first-order chi connectivity index (χ1) is 9.13. The topological polar surface area (TPSA) is 31.4 Å². The normalized spacial score (nSPS) is 19.4. The summed E-state index contributed by atoms with van der Waals surface area (Å²) in [7, 11) is 6.38. The van der Waals surface area contributed by atoms with Gasteiger partial charge in [0.15, 0.2) is 0 Å². The van der Waals surface area contributed by atoms with Gasteiger partial charge in [-0.1, -0.05) is 6.07 Å². The lowest BCUT2D eigenvalue weighted by molar-refractivity contribution is 0.252. The molecular weight excluding hydrogens is 236 g/mol. The van der Waals surface area contributed by atoms with Crippen molar-refractivity contribution >= 4 is 5.82 Å². The molecule has 1 aliphatic heterocycles. The van der Waals surface area contributed by atoms with Gasteiger partial charge in [-0.2, -0.15) is 0 Å². The van der Waals surface area contributed by atoms with E-state index in [0.29, 0.717) is 12.1 Å². The number of rotatable bonds is 4. The fourth-order valence-corrected chi connectivity index (χ4v) is 2.75. The lowest BCUT2D eigenvalue weighted by atomic mass is 10.0. The molecule has 1 aromatic heterocycles. The highest BCUT2D eigenvalue weighted by Gasteiger charge is 2.23. The number of nitrogens with zero attached hydrogens (tertiary/aromatic N) is 3. The summed E-state index contributed by atoms with van der Waals surface area (Å²) >= 11 is 0. The highest BCUT2D eigenvalue weighted by molar-refractivity contribution is 5.48. The highest BCUT2D eigenvalue weighted by Crippen LogP contribution is 2.26. The molecule has 4 heteroatoms. The van der Waals surface area contributed by atoms with E-state index in [2.05, 4.69) is 47.2 Å². The number of piperidine rings is 1. The van der Waals surface area contributed by atoms with Crippen LogP contribution in [0.2, 0.25) is 0 Å². The molecule has 0 amide bonds. The van der Waals surface area contributed by atoms with E-state index in [1.165, 1.54) is 31.5 Å². The number of hydrogen-bond donors (Lipinski definition) is 1. The first kappa shape index (κ1) is 14.3. The predicted octanol–water partition coefficient (Wildman–Crippen LogP) is 1.89. The third-order valence-electron chi connectivity index (χ3n) is 4.29. The van der Waals surface area contributed by atoms with Crippen LogP contribution in [-0.4, -0.2) is 50.2 Å². The summed E-state index contributed by atoms with van der Waals surface area (Å²) in [5, 5.41) is 3.31. The third-order valence-corrected chi connectivity index (χ3v) is 4.29. The third kappa shape index (κ3) is 3.25. The average Bonchev–Trinajstić information content (AvgIpc) is 2.46. The largest absolute Gasteiger partial charge is 0.356 e. The van der Waals surface area contributed by atoms with Gasteiger partial charge in [-0.25, -0.2) is 4.98 Å². The first-order valence-electron chi connectivity index (χ1n) is 7.17. The zero-order valence-corrected chi connectivity index (χ0v) is 12.6. The van der Waals surface area contributed by atoms with E-state index in [9.17, 15) is 0 Å². The Morgan fingerprint density at radius 2 is 2.11 bits per heavy atom. The Morgan fingerprint density at radius 1 is 1.42 bits per heavy atom. The number of aromatic nitrogens is 1. The number of hydrogen-bond acceptors (Lipinski definition) is 4. The minimum atomic E-state index is 0.331. The number of nitrogens with one attached hydrogen (secondary N) is 1. The van der Waals surface area contributed by atoms with Crippen LogP contribution in [0.15, 0.2) is 18.3 Å². The summed E-state index contributed by atoms with van der Waals surface area (Å²) in [4.78, 5) is 9.39. The van der Waals surface area contributed by atoms with Gasteiger partial charge in [0.25, 0.3) is 0 Å². The molecule has 0 saturated carbocycles. The minimum Gasteiger partial charge on any atom is -0.356 e. The SMILES string of the molecule is CNC(C)c1cccnc1N(C)C1CCN(C)CC1. The van der Waals surface area contributed by atoms with Crippen molar-refractivity contribution in [1.29, 1.82) is 0 Å². The Kier molecular flexibility index (Phi) is 4.77. The van der Waals surface area contributed by atoms with Crippen molar-refractivity contribution in [2.75, 3.05) is 39.1 Å². The van der Waals surface area contributed by atoms with Gasteiger partial charge in [0.1, 0.15) is 5.82 Å². The van der Waals surface area contributed by atoms with Gasteiger partial charge in [0.05, 0.1) is 0 Å². The maximum atomic E-state index is 4.61. The van der Waals surface area contributed by atoms with Crippen molar-refractivity contribution in [1.82, 2.24) is 15.2 Å². The quantitative estimate of drug-likeness (QED) is 0.898. The Morgan fingerprint density at radius 3 is 2.74 bits per heavy atom. The first-order valence-corrected chi connectivity index (χ1v) is 7.17. The smallest absolute Gasteiger partial charge is 0.133 e. The van der Waals surface area contributed by atoms with Gasteiger partial charge >= 0.3 is 0 Å². The molecule has 1 aromatic rings. The standard InChI is InChI=1S/C15H26N4/c1-12(16-2)14-6-5-9-17-15(14)19(4)13-7-10-18(3)11-8-13/h5-6,9,12-13,16H,7-8,10-11H2,1-4H3. The zero-order chi connectivity index (χ0) is 13.8. The molecule has 19 heavy (non-hydrogen) atoms. The van der Waals surface area contributed by atoms with Crippen LogP contribution < -0.4 is 10.2 Å². The van der Waals surface area contributed by atoms with Crippen LogP contribution in [0.3, 0.4) is 0 Å². The van der Waals surface area contributed by atoms with Crippen LogP contribution in [0, 0.1) is 0 Å². The lowest BCUT2D eigenvalue weighted by Crippen LogP contribution is -2.42. The second-order valence-electron chi connectivity index (χ2n) is 5.57. The Balaban J connectivity index is 2.16. The van der Waals surface area contributed by atoms with E-state index in [-0.39, 0.29) is 0 Å². The summed E-state index contributed by atoms with van der Waals surface area (Å²) in [5.74, 6) is 1.12. The van der Waals surface area contributed by atoms with Crippen molar-refractivity contribution in [2.24, 2.45) is 0 Å². The maximum absolute atomic E-state index is 4.61. The lowest BCUT2D eigenvalue weighted by Gasteiger charge is -2.37. The van der Waals surface area contributed by atoms with Gasteiger partial charge in [-0.15, -0.1) is 0 Å². The molecule has 4 nitrogen and oxygen atoms in total. The van der Waals surface area contributed by atoms with E-state index in [0.717, 1.165) is 5.82 Å². The van der Waals surface area contributed by atoms with Crippen LogP contribution in [-0.2, 0) is 0 Å². The molecular formula is C15H26N4. The van der Waals surface area contributed by atoms with Crippen LogP contribution in [0.4, 0.5) is 5.82 Å². The van der Waals surface area contributed by atoms with E-state index < -0.39 is 0 Å². The fraction of sp³-hybridized carbons (Fsp3) is 0.667. The van der Waals surface area contributed by atoms with Crippen molar-refractivity contribution in [3.63, 3.8) is 0 Å². The minimum absolute atomic E-state index is 0.331. The summed E-state index contributed by atoms with van der Waals surface area (Å²) in [6.07, 6.45) is 4.33. The molecule has 0 bridgehead atoms. The Labute approximate surface area is 116 Å². The second-order valence-corrected chi connectivity index (χ2v) is 5.57. The summed E-state index contributed by atoms with van der Waals surface area (Å²) in [6.45, 7) is 4.54. The molecule has 1 unspecified atom stereocenters. The van der Waals surface area contributed by atoms with E-state index in [1.54, 1.807) is 0 Å². The highest BCUT2D eigenvalue weighted by atomic mass is 15.2. The summed E-state index contributed by atoms with van der Waals surface area (Å²) in [5.41, 5.74) is 1.28. The van der Waals surface area contributed by atoms with Crippen molar-refractivity contribution in [2.45, 2.75) is 31.8 Å². The van der Waals surface area contributed by atoms with Crippen molar-refractivity contribution in [3.8, 4) is 0 Å². The van der Waals surface area contributed by atoms with Crippen molar-refractivity contribution in [3.05, 3.63) is 23.9 Å². The van der Waals surface area contributed by atoms with Crippen LogP contribution in [0.25, 0.3) is 0 Å². The molecule has 1 fully saturated rings. The molecule has 1 atom stereocenters. The van der Waals surface area contributed by atoms with Crippen molar-refractivity contribution < 1.29 is 0 Å². The van der Waals surface area contributed by atoms with Crippen LogP contribution >= 0.6 is 0 Å². The van der Waals surface area contributed by atoms with Gasteiger partial charge in [0.2, 0.25) is 0 Å². The molecule has 0 spiro atoms. The molecule has 1 saturated heterocycles. The molecule has 2 rings (SSSR count). The molecule has 0 aliphatic carbocycles. The zero-order valence-electron chi connectivity index (χ0n) is 12.6. The molecule has 0 aromatic carbocycles. The molecule has 1 N–H and O–H groups in total. The molecule has 2 heterocycles. The molecule has 106 valence electrons. The number of likely N-dealkylation sites (tertiary alicyclic amines) is 1. The van der Waals surface area contributed by atoms with Crippen LogP contribution in [0.5, 0.6) is 0 Å². The van der Waals surface area contributed by atoms with Gasteiger partial charge in [-0.05, 0) is 53.0 Å². The maximum Gasteiger partial charge on any atom is 0.133 e. The Hall–Kier alpha value is -1.13. The van der Waals surface area contributed by atoms with Gasteiger partial charge in [-0.3, -0.25) is 0 Å².